The van der Waals surface area contributed by atoms with Crippen LogP contribution in [0.3, 0.4) is 0 Å². The second-order valence-corrected chi connectivity index (χ2v) is 4.47. The molecule has 0 saturated carbocycles. The van der Waals surface area contributed by atoms with Crippen molar-refractivity contribution in [2.45, 2.75) is 0 Å². The third-order valence-corrected chi connectivity index (χ3v) is 3.18. The highest BCUT2D eigenvalue weighted by Crippen LogP contribution is 2.24. The lowest BCUT2D eigenvalue weighted by Crippen LogP contribution is -1.83. The van der Waals surface area contributed by atoms with Gasteiger partial charge >= 0.3 is 0 Å². The van der Waals surface area contributed by atoms with Crippen LogP contribution >= 0.6 is 0 Å². The van der Waals surface area contributed by atoms with E-state index in [0.717, 1.165) is 16.5 Å². The summed E-state index contributed by atoms with van der Waals surface area (Å²) >= 11 is 0. The maximum absolute atomic E-state index is 13.3. The second kappa shape index (κ2) is 5.02. The molecule has 1 aromatic heterocycles. The standard InChI is InChI=1S/C17H11FN2/c18-15-5-3-4-12(9-15)13(10-19)8-14-11-20-17-7-2-1-6-16(14)17/h1-9,11,20H/b13-8-. The fraction of sp³-hybridized carbons (Fsp3) is 0. The van der Waals surface area contributed by atoms with Gasteiger partial charge in [-0.3, -0.25) is 0 Å². The molecule has 96 valence electrons. The van der Waals surface area contributed by atoms with E-state index < -0.39 is 0 Å². The number of benzene rings is 2. The fourth-order valence-electron chi connectivity index (χ4n) is 2.21. The number of allylic oxidation sites excluding steroid dienone is 1. The molecule has 1 heterocycles. The Labute approximate surface area is 115 Å². The normalized spacial score (nSPS) is 11.5. The number of halogens is 1. The van der Waals surface area contributed by atoms with Gasteiger partial charge in [0.2, 0.25) is 0 Å². The molecule has 2 nitrogen and oxygen atoms in total. The molecule has 0 spiro atoms. The van der Waals surface area contributed by atoms with Crippen LogP contribution in [0.15, 0.2) is 54.7 Å². The van der Waals surface area contributed by atoms with Crippen LogP contribution in [0.4, 0.5) is 4.39 Å². The summed E-state index contributed by atoms with van der Waals surface area (Å²) in [6.45, 7) is 0. The van der Waals surface area contributed by atoms with Crippen molar-refractivity contribution in [1.82, 2.24) is 4.98 Å². The summed E-state index contributed by atoms with van der Waals surface area (Å²) in [6, 6.07) is 16.0. The minimum absolute atomic E-state index is 0.345. The molecule has 0 aliphatic rings. The van der Waals surface area contributed by atoms with Crippen LogP contribution in [0.25, 0.3) is 22.6 Å². The van der Waals surface area contributed by atoms with Crippen LogP contribution in [0.5, 0.6) is 0 Å². The van der Waals surface area contributed by atoms with Gasteiger partial charge in [-0.2, -0.15) is 5.26 Å². The number of nitrogens with zero attached hydrogens (tertiary/aromatic N) is 1. The number of rotatable bonds is 2. The first-order chi connectivity index (χ1) is 9.78. The van der Waals surface area contributed by atoms with Gasteiger partial charge in [0, 0.05) is 22.7 Å². The Morgan fingerprint density at radius 3 is 2.80 bits per heavy atom. The van der Waals surface area contributed by atoms with Gasteiger partial charge in [-0.25, -0.2) is 4.39 Å². The molecule has 3 aromatic rings. The van der Waals surface area contributed by atoms with E-state index in [1.807, 2.05) is 30.5 Å². The van der Waals surface area contributed by atoms with E-state index in [0.29, 0.717) is 11.1 Å². The van der Waals surface area contributed by atoms with Crippen molar-refractivity contribution in [3.63, 3.8) is 0 Å². The topological polar surface area (TPSA) is 39.6 Å². The predicted molar refractivity (Wildman–Crippen MR) is 78.2 cm³/mol. The summed E-state index contributed by atoms with van der Waals surface area (Å²) in [6.07, 6.45) is 3.62. The Kier molecular flexibility index (Phi) is 3.06. The third kappa shape index (κ3) is 2.19. The van der Waals surface area contributed by atoms with Crippen LogP contribution in [-0.4, -0.2) is 4.98 Å². The quantitative estimate of drug-likeness (QED) is 0.684. The van der Waals surface area contributed by atoms with Crippen molar-refractivity contribution in [3.8, 4) is 6.07 Å². The summed E-state index contributed by atoms with van der Waals surface area (Å²) in [4.78, 5) is 3.15. The first-order valence-electron chi connectivity index (χ1n) is 6.22. The molecule has 0 unspecified atom stereocenters. The average molecular weight is 262 g/mol. The lowest BCUT2D eigenvalue weighted by atomic mass is 10.0. The SMILES string of the molecule is N#C/C(=C/c1c[nH]c2ccccc12)c1cccc(F)c1. The lowest BCUT2D eigenvalue weighted by Gasteiger charge is -1.99. The lowest BCUT2D eigenvalue weighted by molar-refractivity contribution is 0.627. The van der Waals surface area contributed by atoms with Crippen LogP contribution < -0.4 is 0 Å². The monoisotopic (exact) mass is 262 g/mol. The summed E-state index contributed by atoms with van der Waals surface area (Å²) in [5.41, 5.74) is 2.95. The maximum atomic E-state index is 13.3. The molecular weight excluding hydrogens is 251 g/mol. The Balaban J connectivity index is 2.12. The van der Waals surface area contributed by atoms with E-state index in [4.69, 9.17) is 0 Å². The van der Waals surface area contributed by atoms with E-state index in [-0.39, 0.29) is 5.82 Å². The second-order valence-electron chi connectivity index (χ2n) is 4.47. The number of nitriles is 1. The van der Waals surface area contributed by atoms with Gasteiger partial charge in [-0.15, -0.1) is 0 Å². The van der Waals surface area contributed by atoms with E-state index in [1.54, 1.807) is 18.2 Å². The Bertz CT molecular complexity index is 837. The molecule has 0 aliphatic heterocycles. The van der Waals surface area contributed by atoms with Crippen LogP contribution in [-0.2, 0) is 0 Å². The van der Waals surface area contributed by atoms with E-state index >= 15 is 0 Å². The molecule has 0 radical (unpaired) electrons. The zero-order valence-corrected chi connectivity index (χ0v) is 10.6. The van der Waals surface area contributed by atoms with Crippen molar-refractivity contribution in [1.29, 1.82) is 5.26 Å². The molecule has 3 rings (SSSR count). The molecule has 3 heteroatoms. The van der Waals surface area contributed by atoms with Crippen molar-refractivity contribution < 1.29 is 4.39 Å². The number of aromatic amines is 1. The molecule has 0 fully saturated rings. The number of hydrogen-bond acceptors (Lipinski definition) is 1. The predicted octanol–water partition coefficient (Wildman–Crippen LogP) is 4.37. The molecule has 0 bridgehead atoms. The fourth-order valence-corrected chi connectivity index (χ4v) is 2.21. The zero-order chi connectivity index (χ0) is 13.9. The van der Waals surface area contributed by atoms with E-state index in [9.17, 15) is 9.65 Å². The van der Waals surface area contributed by atoms with Crippen LogP contribution in [0.1, 0.15) is 11.1 Å². The highest BCUT2D eigenvalue weighted by Gasteiger charge is 2.05. The van der Waals surface area contributed by atoms with Gasteiger partial charge < -0.3 is 4.98 Å². The number of aromatic nitrogens is 1. The molecule has 0 atom stereocenters. The largest absolute Gasteiger partial charge is 0.361 e. The summed E-state index contributed by atoms with van der Waals surface area (Å²) in [7, 11) is 0. The van der Waals surface area contributed by atoms with Gasteiger partial charge in [0.25, 0.3) is 0 Å². The summed E-state index contributed by atoms with van der Waals surface area (Å²) < 4.78 is 13.3. The molecule has 0 amide bonds. The van der Waals surface area contributed by atoms with E-state index in [2.05, 4.69) is 11.1 Å². The maximum Gasteiger partial charge on any atom is 0.123 e. The highest BCUT2D eigenvalue weighted by atomic mass is 19.1. The van der Waals surface area contributed by atoms with Gasteiger partial charge in [0.15, 0.2) is 0 Å². The summed E-state index contributed by atoms with van der Waals surface area (Å²) in [5, 5.41) is 10.3. The molecule has 1 N–H and O–H groups in total. The number of nitrogens with one attached hydrogen (secondary N) is 1. The molecule has 0 saturated heterocycles. The number of H-pyrrole nitrogens is 1. The minimum atomic E-state index is -0.345. The Hall–Kier alpha value is -2.86. The highest BCUT2D eigenvalue weighted by molar-refractivity contribution is 5.97. The Morgan fingerprint density at radius 1 is 1.15 bits per heavy atom. The molecule has 0 aliphatic carbocycles. The summed E-state index contributed by atoms with van der Waals surface area (Å²) in [5.74, 6) is -0.345. The van der Waals surface area contributed by atoms with Gasteiger partial charge in [0.05, 0.1) is 11.6 Å². The van der Waals surface area contributed by atoms with Crippen molar-refractivity contribution in [3.05, 3.63) is 71.7 Å². The third-order valence-electron chi connectivity index (χ3n) is 3.18. The molecule has 2 aromatic carbocycles. The number of fused-ring (bicyclic) bond motifs is 1. The van der Waals surface area contributed by atoms with Crippen molar-refractivity contribution in [2.75, 3.05) is 0 Å². The van der Waals surface area contributed by atoms with E-state index in [1.165, 1.54) is 12.1 Å². The average Bonchev–Trinajstić information content (AvgIpc) is 2.88. The Morgan fingerprint density at radius 2 is 2.00 bits per heavy atom. The zero-order valence-electron chi connectivity index (χ0n) is 10.6. The van der Waals surface area contributed by atoms with Gasteiger partial charge in [-0.05, 0) is 29.8 Å². The smallest absolute Gasteiger partial charge is 0.123 e. The van der Waals surface area contributed by atoms with Crippen LogP contribution in [0, 0.1) is 17.1 Å². The molecular formula is C17H11FN2. The van der Waals surface area contributed by atoms with Crippen LogP contribution in [0.2, 0.25) is 0 Å². The number of para-hydroxylation sites is 1. The first kappa shape index (κ1) is 12.2. The minimum Gasteiger partial charge on any atom is -0.361 e. The van der Waals surface area contributed by atoms with Gasteiger partial charge in [-0.1, -0.05) is 30.3 Å². The van der Waals surface area contributed by atoms with Gasteiger partial charge in [0.1, 0.15) is 5.82 Å². The number of hydrogen-bond donors (Lipinski definition) is 1. The molecule has 20 heavy (non-hydrogen) atoms. The van der Waals surface area contributed by atoms with Crippen molar-refractivity contribution >= 4 is 22.6 Å². The first-order valence-corrected chi connectivity index (χ1v) is 6.22. The van der Waals surface area contributed by atoms with Crippen molar-refractivity contribution in [2.24, 2.45) is 0 Å².